The van der Waals surface area contributed by atoms with E-state index in [-0.39, 0.29) is 5.91 Å². The minimum atomic E-state index is 0.0365. The highest BCUT2D eigenvalue weighted by atomic mass is 32.1. The van der Waals surface area contributed by atoms with Crippen molar-refractivity contribution in [2.75, 3.05) is 25.5 Å². The number of anilines is 1. The van der Waals surface area contributed by atoms with E-state index in [2.05, 4.69) is 23.7 Å². The first-order valence-electron chi connectivity index (χ1n) is 7.94. The monoisotopic (exact) mass is 331 g/mol. The van der Waals surface area contributed by atoms with Crippen LogP contribution in [0.5, 0.6) is 5.75 Å². The number of carbonyl (C=O) groups is 1. The minimum Gasteiger partial charge on any atom is -0.495 e. The molecule has 2 N–H and O–H groups in total. The molecule has 122 valence electrons. The van der Waals surface area contributed by atoms with Gasteiger partial charge in [-0.25, -0.2) is 0 Å². The number of fused-ring (bicyclic) bond motifs is 1. The van der Waals surface area contributed by atoms with Gasteiger partial charge in [0.2, 0.25) is 0 Å². The zero-order valence-corrected chi connectivity index (χ0v) is 14.6. The SMILES string of the molecule is COc1ccc(C)cc1NC(=O)C[NH+]1CCc2sccc2[C@@H]1C. The summed E-state index contributed by atoms with van der Waals surface area (Å²) in [6.45, 7) is 5.70. The van der Waals surface area contributed by atoms with Crippen LogP contribution in [-0.2, 0) is 11.2 Å². The standard InChI is InChI=1S/C18H22N2O2S/c1-12-4-5-16(22-3)15(10-12)19-18(21)11-20-8-6-17-14(13(20)2)7-9-23-17/h4-5,7,9-10,13H,6,8,11H2,1-3H3,(H,19,21)/p+1/t13-/m0/s1. The van der Waals surface area contributed by atoms with Crippen LogP contribution in [0.1, 0.15) is 29.0 Å². The van der Waals surface area contributed by atoms with Gasteiger partial charge in [0.25, 0.3) is 5.91 Å². The summed E-state index contributed by atoms with van der Waals surface area (Å²) in [5.41, 5.74) is 3.25. The van der Waals surface area contributed by atoms with Crippen LogP contribution >= 0.6 is 11.3 Å². The number of aryl methyl sites for hydroxylation is 1. The van der Waals surface area contributed by atoms with Crippen LogP contribution in [0.25, 0.3) is 0 Å². The Morgan fingerprint density at radius 1 is 1.43 bits per heavy atom. The molecule has 1 aromatic heterocycles. The molecular formula is C18H23N2O2S+. The van der Waals surface area contributed by atoms with E-state index in [1.54, 1.807) is 7.11 Å². The number of hydrogen-bond acceptors (Lipinski definition) is 3. The molecular weight excluding hydrogens is 308 g/mol. The number of amides is 1. The van der Waals surface area contributed by atoms with Crippen LogP contribution < -0.4 is 15.0 Å². The molecule has 3 rings (SSSR count). The van der Waals surface area contributed by atoms with Crippen molar-refractivity contribution >= 4 is 22.9 Å². The molecule has 1 aromatic carbocycles. The van der Waals surface area contributed by atoms with Crippen LogP contribution in [-0.4, -0.2) is 26.1 Å². The number of hydrogen-bond donors (Lipinski definition) is 2. The Balaban J connectivity index is 1.68. The van der Waals surface area contributed by atoms with Gasteiger partial charge in [-0.05, 0) is 43.0 Å². The molecule has 2 atom stereocenters. The van der Waals surface area contributed by atoms with E-state index in [9.17, 15) is 4.79 Å². The van der Waals surface area contributed by atoms with E-state index in [1.807, 2.05) is 36.5 Å². The number of methoxy groups -OCH3 is 1. The average Bonchev–Trinajstić information content (AvgIpc) is 3.00. The summed E-state index contributed by atoms with van der Waals surface area (Å²) in [6, 6.07) is 8.38. The summed E-state index contributed by atoms with van der Waals surface area (Å²) < 4.78 is 5.33. The van der Waals surface area contributed by atoms with Gasteiger partial charge in [-0.15, -0.1) is 11.3 Å². The fourth-order valence-electron chi connectivity index (χ4n) is 3.21. The third-order valence-corrected chi connectivity index (χ3v) is 5.55. The van der Waals surface area contributed by atoms with Crippen LogP contribution in [0, 0.1) is 6.92 Å². The number of ether oxygens (including phenoxy) is 1. The summed E-state index contributed by atoms with van der Waals surface area (Å²) in [5, 5.41) is 5.16. The number of rotatable bonds is 4. The van der Waals surface area contributed by atoms with Crippen molar-refractivity contribution in [2.45, 2.75) is 26.3 Å². The second-order valence-corrected chi connectivity index (χ2v) is 7.11. The zero-order valence-electron chi connectivity index (χ0n) is 13.8. The minimum absolute atomic E-state index is 0.0365. The number of benzene rings is 1. The van der Waals surface area contributed by atoms with E-state index < -0.39 is 0 Å². The van der Waals surface area contributed by atoms with Crippen molar-refractivity contribution in [1.82, 2.24) is 0 Å². The first-order chi connectivity index (χ1) is 11.1. The lowest BCUT2D eigenvalue weighted by atomic mass is 10.0. The lowest BCUT2D eigenvalue weighted by Gasteiger charge is -2.30. The Bertz CT molecular complexity index is 711. The van der Waals surface area contributed by atoms with Gasteiger partial charge in [0.05, 0.1) is 19.3 Å². The third-order valence-electron chi connectivity index (χ3n) is 4.55. The van der Waals surface area contributed by atoms with Crippen LogP contribution in [0.4, 0.5) is 5.69 Å². The Morgan fingerprint density at radius 2 is 2.26 bits per heavy atom. The average molecular weight is 331 g/mol. The van der Waals surface area contributed by atoms with Crippen molar-refractivity contribution in [3.05, 3.63) is 45.6 Å². The molecule has 4 nitrogen and oxygen atoms in total. The second-order valence-electron chi connectivity index (χ2n) is 6.11. The molecule has 5 heteroatoms. The summed E-state index contributed by atoms with van der Waals surface area (Å²) in [7, 11) is 1.62. The molecule has 0 saturated heterocycles. The molecule has 1 aliphatic heterocycles. The topological polar surface area (TPSA) is 42.8 Å². The highest BCUT2D eigenvalue weighted by Crippen LogP contribution is 2.26. The number of carbonyl (C=O) groups excluding carboxylic acids is 1. The first-order valence-corrected chi connectivity index (χ1v) is 8.81. The molecule has 0 aliphatic carbocycles. The van der Waals surface area contributed by atoms with Gasteiger partial charge in [0.15, 0.2) is 6.54 Å². The van der Waals surface area contributed by atoms with E-state index in [4.69, 9.17) is 4.74 Å². The van der Waals surface area contributed by atoms with Crippen molar-refractivity contribution in [3.63, 3.8) is 0 Å². The molecule has 1 unspecified atom stereocenters. The quantitative estimate of drug-likeness (QED) is 0.902. The van der Waals surface area contributed by atoms with E-state index >= 15 is 0 Å². The fraction of sp³-hybridized carbons (Fsp3) is 0.389. The molecule has 0 radical (unpaired) electrons. The maximum absolute atomic E-state index is 12.5. The molecule has 2 aromatic rings. The fourth-order valence-corrected chi connectivity index (χ4v) is 4.19. The van der Waals surface area contributed by atoms with Crippen LogP contribution in [0.3, 0.4) is 0 Å². The van der Waals surface area contributed by atoms with Gasteiger partial charge in [-0.3, -0.25) is 4.79 Å². The third kappa shape index (κ3) is 3.41. The highest BCUT2D eigenvalue weighted by Gasteiger charge is 2.29. The molecule has 1 amide bonds. The summed E-state index contributed by atoms with van der Waals surface area (Å²) in [6.07, 6.45) is 1.06. The number of thiophene rings is 1. The Labute approximate surface area is 141 Å². The van der Waals surface area contributed by atoms with E-state index in [0.29, 0.717) is 18.3 Å². The molecule has 0 spiro atoms. The largest absolute Gasteiger partial charge is 0.495 e. The molecule has 0 saturated carbocycles. The second kappa shape index (κ2) is 6.72. The van der Waals surface area contributed by atoms with Crippen molar-refractivity contribution < 1.29 is 14.4 Å². The smallest absolute Gasteiger partial charge is 0.279 e. The van der Waals surface area contributed by atoms with Crippen molar-refractivity contribution in [2.24, 2.45) is 0 Å². The maximum atomic E-state index is 12.5. The summed E-state index contributed by atoms with van der Waals surface area (Å²) >= 11 is 1.83. The molecule has 1 aliphatic rings. The summed E-state index contributed by atoms with van der Waals surface area (Å²) in [4.78, 5) is 15.3. The number of quaternary nitrogens is 1. The van der Waals surface area contributed by atoms with Gasteiger partial charge in [-0.2, -0.15) is 0 Å². The molecule has 0 fully saturated rings. The van der Waals surface area contributed by atoms with E-state index in [0.717, 1.165) is 24.2 Å². The zero-order chi connectivity index (χ0) is 16.4. The number of nitrogens with one attached hydrogen (secondary N) is 2. The van der Waals surface area contributed by atoms with Gasteiger partial charge in [0.1, 0.15) is 11.8 Å². The van der Waals surface area contributed by atoms with Crippen LogP contribution in [0.2, 0.25) is 0 Å². The lowest BCUT2D eigenvalue weighted by Crippen LogP contribution is -3.14. The maximum Gasteiger partial charge on any atom is 0.279 e. The van der Waals surface area contributed by atoms with Gasteiger partial charge in [-0.1, -0.05) is 6.07 Å². The Morgan fingerprint density at radius 3 is 3.04 bits per heavy atom. The van der Waals surface area contributed by atoms with Gasteiger partial charge >= 0.3 is 0 Å². The van der Waals surface area contributed by atoms with Gasteiger partial charge in [0, 0.05) is 16.9 Å². The molecule has 2 heterocycles. The normalized spacial score (nSPS) is 20.0. The Hall–Kier alpha value is -1.85. The molecule has 0 bridgehead atoms. The predicted molar refractivity (Wildman–Crippen MR) is 93.5 cm³/mol. The lowest BCUT2D eigenvalue weighted by molar-refractivity contribution is -0.923. The van der Waals surface area contributed by atoms with Crippen LogP contribution in [0.15, 0.2) is 29.6 Å². The Kier molecular flexibility index (Phi) is 4.68. The van der Waals surface area contributed by atoms with Crippen molar-refractivity contribution in [3.8, 4) is 5.75 Å². The predicted octanol–water partition coefficient (Wildman–Crippen LogP) is 2.21. The van der Waals surface area contributed by atoms with Gasteiger partial charge < -0.3 is 15.0 Å². The first kappa shape index (κ1) is 16.0. The van der Waals surface area contributed by atoms with Crippen molar-refractivity contribution in [1.29, 1.82) is 0 Å². The summed E-state index contributed by atoms with van der Waals surface area (Å²) in [5.74, 6) is 0.736. The highest BCUT2D eigenvalue weighted by molar-refractivity contribution is 7.10. The van der Waals surface area contributed by atoms with E-state index in [1.165, 1.54) is 15.3 Å². The molecule has 23 heavy (non-hydrogen) atoms.